The van der Waals surface area contributed by atoms with Crippen LogP contribution >= 0.6 is 0 Å². The van der Waals surface area contributed by atoms with Crippen LogP contribution in [-0.2, 0) is 9.53 Å². The number of nitrogens with one attached hydrogen (secondary N) is 1. The van der Waals surface area contributed by atoms with E-state index in [-0.39, 0.29) is 18.6 Å². The quantitative estimate of drug-likeness (QED) is 0.619. The van der Waals surface area contributed by atoms with E-state index in [1.165, 1.54) is 0 Å². The lowest BCUT2D eigenvalue weighted by atomic mass is 10.1. The highest BCUT2D eigenvalue weighted by atomic mass is 16.5. The van der Waals surface area contributed by atoms with Crippen LogP contribution in [0.5, 0.6) is 0 Å². The minimum atomic E-state index is -0.567. The molecule has 0 spiro atoms. The van der Waals surface area contributed by atoms with Gasteiger partial charge in [0.25, 0.3) is 5.91 Å². The predicted molar refractivity (Wildman–Crippen MR) is 107 cm³/mol. The molecule has 6 nitrogen and oxygen atoms in total. The number of amides is 1. The van der Waals surface area contributed by atoms with Crippen LogP contribution in [0.3, 0.4) is 0 Å². The van der Waals surface area contributed by atoms with Crippen molar-refractivity contribution in [1.29, 1.82) is 0 Å². The number of benzene rings is 1. The van der Waals surface area contributed by atoms with Gasteiger partial charge in [-0.15, -0.1) is 0 Å². The molecule has 0 aliphatic heterocycles. The molecule has 2 heterocycles. The summed E-state index contributed by atoms with van der Waals surface area (Å²) in [6.07, 6.45) is 1.66. The van der Waals surface area contributed by atoms with Gasteiger partial charge in [-0.1, -0.05) is 32.0 Å². The summed E-state index contributed by atoms with van der Waals surface area (Å²) >= 11 is 0. The summed E-state index contributed by atoms with van der Waals surface area (Å²) in [5.41, 5.74) is 1.55. The molecule has 0 aliphatic carbocycles. The summed E-state index contributed by atoms with van der Waals surface area (Å²) in [4.78, 5) is 29.3. The normalized spacial score (nSPS) is 11.0. The Morgan fingerprint density at radius 3 is 2.57 bits per heavy atom. The van der Waals surface area contributed by atoms with Gasteiger partial charge in [-0.3, -0.25) is 4.79 Å². The number of carbonyl (C=O) groups is 2. The maximum atomic E-state index is 12.7. The molecule has 2 aromatic heterocycles. The Kier molecular flexibility index (Phi) is 6.09. The number of ether oxygens (including phenoxy) is 1. The largest absolute Gasteiger partial charge is 0.460 e. The van der Waals surface area contributed by atoms with Crippen molar-refractivity contribution in [2.24, 2.45) is 0 Å². The van der Waals surface area contributed by atoms with Gasteiger partial charge in [0.1, 0.15) is 11.5 Å². The van der Waals surface area contributed by atoms with Crippen LogP contribution in [0, 0.1) is 6.92 Å². The molecule has 0 saturated heterocycles. The lowest BCUT2D eigenvalue weighted by Crippen LogP contribution is -2.36. The lowest BCUT2D eigenvalue weighted by molar-refractivity contribution is -0.125. The molecular formula is C22H24N2O4. The summed E-state index contributed by atoms with van der Waals surface area (Å²) in [7, 11) is 0. The Hall–Kier alpha value is -3.15. The molecule has 0 aliphatic rings. The fraction of sp³-hybridized carbons (Fsp3) is 0.318. The number of hydrogen-bond acceptors (Lipinski definition) is 5. The first-order chi connectivity index (χ1) is 13.5. The number of carbonyl (C=O) groups excluding carboxylic acids is 2. The minimum absolute atomic E-state index is 0.0850. The molecule has 0 bridgehead atoms. The molecule has 146 valence electrons. The highest BCUT2D eigenvalue weighted by Crippen LogP contribution is 2.26. The van der Waals surface area contributed by atoms with Crippen molar-refractivity contribution < 1.29 is 18.7 Å². The van der Waals surface area contributed by atoms with Crippen molar-refractivity contribution in [2.45, 2.75) is 39.7 Å². The summed E-state index contributed by atoms with van der Waals surface area (Å²) in [5.74, 6) is 0.459. The van der Waals surface area contributed by atoms with E-state index in [1.54, 1.807) is 12.1 Å². The Morgan fingerprint density at radius 2 is 1.89 bits per heavy atom. The molecule has 0 atom stereocenters. The fourth-order valence-electron chi connectivity index (χ4n) is 3.01. The average molecular weight is 380 g/mol. The van der Waals surface area contributed by atoms with Crippen molar-refractivity contribution in [3.8, 4) is 11.5 Å². The van der Waals surface area contributed by atoms with Gasteiger partial charge in [-0.2, -0.15) is 0 Å². The number of aryl methyl sites for hydroxylation is 1. The highest BCUT2D eigenvalue weighted by Gasteiger charge is 2.18. The van der Waals surface area contributed by atoms with Gasteiger partial charge in [-0.25, -0.2) is 9.78 Å². The highest BCUT2D eigenvalue weighted by molar-refractivity contribution is 6.05. The van der Waals surface area contributed by atoms with E-state index in [1.807, 2.05) is 51.1 Å². The summed E-state index contributed by atoms with van der Waals surface area (Å²) in [6, 6.07) is 12.7. The standard InChI is InChI=1S/C22H24N2O4/c1-4-15(5-2)23-21(25)13-27-22(26)17-12-19(20-11-10-14(3)28-20)24-18-9-7-6-8-16(17)18/h6-12,15H,4-5,13H2,1-3H3,(H,23,25). The van der Waals surface area contributed by atoms with Gasteiger partial charge in [0, 0.05) is 11.4 Å². The molecule has 1 N–H and O–H groups in total. The Bertz CT molecular complexity index is 989. The minimum Gasteiger partial charge on any atom is -0.460 e. The van der Waals surface area contributed by atoms with Crippen LogP contribution in [0.15, 0.2) is 46.9 Å². The van der Waals surface area contributed by atoms with Gasteiger partial charge in [-0.05, 0) is 44.0 Å². The molecule has 3 rings (SSSR count). The third-order valence-corrected chi connectivity index (χ3v) is 4.61. The van der Waals surface area contributed by atoms with E-state index >= 15 is 0 Å². The second-order valence-corrected chi connectivity index (χ2v) is 6.64. The third-order valence-electron chi connectivity index (χ3n) is 4.61. The molecule has 0 fully saturated rings. The molecule has 3 aromatic rings. The maximum Gasteiger partial charge on any atom is 0.339 e. The van der Waals surface area contributed by atoms with Crippen molar-refractivity contribution in [1.82, 2.24) is 10.3 Å². The molecule has 6 heteroatoms. The summed E-state index contributed by atoms with van der Waals surface area (Å²) in [5, 5.41) is 3.52. The maximum absolute atomic E-state index is 12.7. The fourth-order valence-corrected chi connectivity index (χ4v) is 3.01. The number of fused-ring (bicyclic) bond motifs is 1. The molecule has 1 aromatic carbocycles. The molecule has 0 radical (unpaired) electrons. The van der Waals surface area contributed by atoms with E-state index in [2.05, 4.69) is 10.3 Å². The van der Waals surface area contributed by atoms with Crippen molar-refractivity contribution in [3.05, 3.63) is 53.8 Å². The van der Waals surface area contributed by atoms with Crippen molar-refractivity contribution >= 4 is 22.8 Å². The van der Waals surface area contributed by atoms with Gasteiger partial charge in [0.05, 0.1) is 11.1 Å². The second-order valence-electron chi connectivity index (χ2n) is 6.64. The monoisotopic (exact) mass is 380 g/mol. The van der Waals surface area contributed by atoms with Crippen molar-refractivity contribution in [2.75, 3.05) is 6.61 Å². The zero-order valence-corrected chi connectivity index (χ0v) is 16.3. The number of nitrogens with zero attached hydrogens (tertiary/aromatic N) is 1. The second kappa shape index (κ2) is 8.69. The average Bonchev–Trinajstić information content (AvgIpc) is 3.15. The van der Waals surface area contributed by atoms with Gasteiger partial charge < -0.3 is 14.5 Å². The van der Waals surface area contributed by atoms with E-state index < -0.39 is 5.97 Å². The van der Waals surface area contributed by atoms with Crippen LogP contribution in [0.25, 0.3) is 22.4 Å². The first-order valence-electron chi connectivity index (χ1n) is 9.44. The van der Waals surface area contributed by atoms with E-state index in [0.717, 1.165) is 18.6 Å². The van der Waals surface area contributed by atoms with E-state index in [9.17, 15) is 9.59 Å². The van der Waals surface area contributed by atoms with Gasteiger partial charge in [0.2, 0.25) is 0 Å². The first kappa shape index (κ1) is 19.6. The number of rotatable bonds is 7. The lowest BCUT2D eigenvalue weighted by Gasteiger charge is -2.15. The zero-order chi connectivity index (χ0) is 20.1. The number of para-hydroxylation sites is 1. The third kappa shape index (κ3) is 4.39. The smallest absolute Gasteiger partial charge is 0.339 e. The molecule has 0 saturated carbocycles. The van der Waals surface area contributed by atoms with Crippen LogP contribution in [0.1, 0.15) is 42.8 Å². The van der Waals surface area contributed by atoms with Gasteiger partial charge >= 0.3 is 5.97 Å². The van der Waals surface area contributed by atoms with Gasteiger partial charge in [0.15, 0.2) is 12.4 Å². The number of pyridine rings is 1. The summed E-state index contributed by atoms with van der Waals surface area (Å²) < 4.78 is 10.9. The van der Waals surface area contributed by atoms with Crippen LogP contribution in [0.2, 0.25) is 0 Å². The van der Waals surface area contributed by atoms with Crippen molar-refractivity contribution in [3.63, 3.8) is 0 Å². The van der Waals surface area contributed by atoms with E-state index in [0.29, 0.717) is 27.9 Å². The zero-order valence-electron chi connectivity index (χ0n) is 16.3. The van der Waals surface area contributed by atoms with E-state index in [4.69, 9.17) is 9.15 Å². The molecule has 1 amide bonds. The van der Waals surface area contributed by atoms with Crippen LogP contribution < -0.4 is 5.32 Å². The summed E-state index contributed by atoms with van der Waals surface area (Å²) in [6.45, 7) is 5.53. The molecule has 28 heavy (non-hydrogen) atoms. The Morgan fingerprint density at radius 1 is 1.14 bits per heavy atom. The Labute approximate surface area is 163 Å². The first-order valence-corrected chi connectivity index (χ1v) is 9.44. The van der Waals surface area contributed by atoms with Crippen LogP contribution in [-0.4, -0.2) is 29.5 Å². The molecule has 0 unspecified atom stereocenters. The number of furan rings is 1. The topological polar surface area (TPSA) is 81.4 Å². The number of aromatic nitrogens is 1. The predicted octanol–water partition coefficient (Wildman–Crippen LogP) is 4.26. The number of esters is 1. The van der Waals surface area contributed by atoms with Crippen LogP contribution in [0.4, 0.5) is 0 Å². The SMILES string of the molecule is CCC(CC)NC(=O)COC(=O)c1cc(-c2ccc(C)o2)nc2ccccc12. The molecular weight excluding hydrogens is 356 g/mol. The Balaban J connectivity index is 1.84. The number of hydrogen-bond donors (Lipinski definition) is 1.